The molecule has 3 N–H and O–H groups in total. The van der Waals surface area contributed by atoms with E-state index in [0.29, 0.717) is 14.6 Å². The van der Waals surface area contributed by atoms with Crippen LogP contribution in [0.3, 0.4) is 0 Å². The third kappa shape index (κ3) is 3.92. The van der Waals surface area contributed by atoms with Crippen molar-refractivity contribution >= 4 is 50.6 Å². The van der Waals surface area contributed by atoms with Crippen molar-refractivity contribution in [3.8, 4) is 11.3 Å². The largest absolute Gasteiger partial charge is 0.374 e. The molecule has 1 atom stereocenters. The van der Waals surface area contributed by atoms with Gasteiger partial charge in [-0.1, -0.05) is 53.4 Å². The third-order valence-electron chi connectivity index (χ3n) is 3.14. The van der Waals surface area contributed by atoms with Crippen molar-refractivity contribution in [2.45, 2.75) is 23.4 Å². The first-order chi connectivity index (χ1) is 11.5. The first-order valence-corrected chi connectivity index (χ1v) is 9.63. The molecule has 0 spiro atoms. The number of thiazole rings is 1. The quantitative estimate of drug-likeness (QED) is 0.659. The summed E-state index contributed by atoms with van der Waals surface area (Å²) in [6.45, 7) is 3.81. The highest BCUT2D eigenvalue weighted by Crippen LogP contribution is 2.32. The number of thioether (sulfide) groups is 1. The summed E-state index contributed by atoms with van der Waals surface area (Å²) in [5.41, 5.74) is 7.49. The number of rotatable bonds is 5. The smallest absolute Gasteiger partial charge is 0.239 e. The number of nitrogens with zero attached hydrogens (tertiary/aromatic N) is 3. The minimum Gasteiger partial charge on any atom is -0.374 e. The second-order valence-corrected chi connectivity index (χ2v) is 8.75. The maximum atomic E-state index is 12.3. The van der Waals surface area contributed by atoms with Gasteiger partial charge < -0.3 is 11.1 Å². The van der Waals surface area contributed by atoms with Crippen LogP contribution in [0.15, 0.2) is 34.7 Å². The maximum absolute atomic E-state index is 12.3. The highest BCUT2D eigenvalue weighted by Gasteiger charge is 2.19. The summed E-state index contributed by atoms with van der Waals surface area (Å²) < 4.78 is 0.676. The zero-order valence-corrected chi connectivity index (χ0v) is 15.5. The summed E-state index contributed by atoms with van der Waals surface area (Å²) in [7, 11) is 0. The van der Waals surface area contributed by atoms with Gasteiger partial charge >= 0.3 is 0 Å². The average Bonchev–Trinajstić information content (AvgIpc) is 3.13. The molecule has 0 radical (unpaired) electrons. The predicted octanol–water partition coefficient (Wildman–Crippen LogP) is 3.67. The molecule has 0 aliphatic heterocycles. The Balaban J connectivity index is 1.68. The number of aromatic nitrogens is 3. The van der Waals surface area contributed by atoms with E-state index in [2.05, 4.69) is 20.5 Å². The Kier molecular flexibility index (Phi) is 5.12. The van der Waals surface area contributed by atoms with Crippen LogP contribution < -0.4 is 11.1 Å². The van der Waals surface area contributed by atoms with Crippen molar-refractivity contribution in [2.24, 2.45) is 0 Å². The molecule has 1 aromatic carbocycles. The van der Waals surface area contributed by atoms with Crippen molar-refractivity contribution in [1.29, 1.82) is 0 Å². The Morgan fingerprint density at radius 2 is 2.00 bits per heavy atom. The van der Waals surface area contributed by atoms with Crippen LogP contribution in [-0.2, 0) is 4.79 Å². The topological polar surface area (TPSA) is 93.8 Å². The molecule has 1 amide bonds. The Labute approximate surface area is 151 Å². The van der Waals surface area contributed by atoms with Gasteiger partial charge in [0, 0.05) is 10.4 Å². The van der Waals surface area contributed by atoms with Crippen LogP contribution in [0.2, 0.25) is 0 Å². The van der Waals surface area contributed by atoms with E-state index in [1.165, 1.54) is 34.4 Å². The minimum absolute atomic E-state index is 0.123. The SMILES string of the molecule is Cc1sc(NC(=O)C(C)Sc2nnc(N)s2)nc1-c1ccccc1. The Hall–Kier alpha value is -1.97. The van der Waals surface area contributed by atoms with Crippen LogP contribution in [0.1, 0.15) is 11.8 Å². The molecule has 0 aliphatic carbocycles. The summed E-state index contributed by atoms with van der Waals surface area (Å²) in [4.78, 5) is 17.9. The number of aryl methyl sites for hydroxylation is 1. The molecule has 0 saturated carbocycles. The predicted molar refractivity (Wildman–Crippen MR) is 101 cm³/mol. The molecule has 0 bridgehead atoms. The second-order valence-electron chi connectivity index (χ2n) is 4.95. The monoisotopic (exact) mass is 377 g/mol. The van der Waals surface area contributed by atoms with Crippen LogP contribution >= 0.6 is 34.4 Å². The number of hydrogen-bond donors (Lipinski definition) is 2. The van der Waals surface area contributed by atoms with Gasteiger partial charge in [0.15, 0.2) is 9.47 Å². The van der Waals surface area contributed by atoms with E-state index in [-0.39, 0.29) is 11.2 Å². The zero-order chi connectivity index (χ0) is 17.1. The maximum Gasteiger partial charge on any atom is 0.239 e. The lowest BCUT2D eigenvalue weighted by atomic mass is 10.1. The molecule has 124 valence electrons. The standard InChI is InChI=1S/C15H15N5OS3/c1-8-11(10-6-4-3-5-7-10)17-14(22-8)18-12(21)9(2)23-15-20-19-13(16)24-15/h3-7,9H,1-2H3,(H2,16,19)(H,17,18,21). The van der Waals surface area contributed by atoms with Gasteiger partial charge in [0.1, 0.15) is 0 Å². The van der Waals surface area contributed by atoms with Gasteiger partial charge in [0.05, 0.1) is 10.9 Å². The third-order valence-corrected chi connectivity index (χ3v) is 5.97. The normalized spacial score (nSPS) is 12.1. The van der Waals surface area contributed by atoms with Gasteiger partial charge in [-0.15, -0.1) is 21.5 Å². The molecule has 3 rings (SSSR count). The molecule has 6 nitrogen and oxygen atoms in total. The second kappa shape index (κ2) is 7.29. The molecule has 3 aromatic rings. The Morgan fingerprint density at radius 1 is 1.25 bits per heavy atom. The fourth-order valence-corrected chi connectivity index (χ4v) is 4.61. The van der Waals surface area contributed by atoms with Crippen LogP contribution in [0, 0.1) is 6.92 Å². The number of amides is 1. The molecular weight excluding hydrogens is 362 g/mol. The first kappa shape index (κ1) is 16.9. The van der Waals surface area contributed by atoms with Crippen LogP contribution in [0.5, 0.6) is 0 Å². The van der Waals surface area contributed by atoms with Gasteiger partial charge in [0.2, 0.25) is 11.0 Å². The van der Waals surface area contributed by atoms with E-state index < -0.39 is 0 Å². The van der Waals surface area contributed by atoms with Gasteiger partial charge in [-0.25, -0.2) is 4.98 Å². The zero-order valence-electron chi connectivity index (χ0n) is 13.0. The number of carbonyl (C=O) groups is 1. The van der Waals surface area contributed by atoms with E-state index in [4.69, 9.17) is 5.73 Å². The van der Waals surface area contributed by atoms with Crippen LogP contribution in [-0.4, -0.2) is 26.3 Å². The Bertz CT molecular complexity index is 846. The lowest BCUT2D eigenvalue weighted by Gasteiger charge is -2.07. The van der Waals surface area contributed by atoms with Gasteiger partial charge in [-0.3, -0.25) is 4.79 Å². The van der Waals surface area contributed by atoms with Gasteiger partial charge in [-0.05, 0) is 13.8 Å². The fraction of sp³-hybridized carbons (Fsp3) is 0.200. The number of hydrogen-bond acceptors (Lipinski definition) is 8. The molecule has 0 fully saturated rings. The van der Waals surface area contributed by atoms with Crippen molar-refractivity contribution in [1.82, 2.24) is 15.2 Å². The first-order valence-electron chi connectivity index (χ1n) is 7.12. The van der Waals surface area contributed by atoms with Gasteiger partial charge in [-0.2, -0.15) is 0 Å². The molecule has 1 unspecified atom stereocenters. The van der Waals surface area contributed by atoms with Gasteiger partial charge in [0.25, 0.3) is 0 Å². The summed E-state index contributed by atoms with van der Waals surface area (Å²) in [6, 6.07) is 9.92. The number of carbonyl (C=O) groups excluding carboxylic acids is 1. The summed E-state index contributed by atoms with van der Waals surface area (Å²) in [6.07, 6.45) is 0. The number of nitrogens with one attached hydrogen (secondary N) is 1. The highest BCUT2D eigenvalue weighted by atomic mass is 32.2. The molecule has 9 heteroatoms. The fourth-order valence-electron chi connectivity index (χ4n) is 1.99. The van der Waals surface area contributed by atoms with Crippen molar-refractivity contribution in [3.05, 3.63) is 35.2 Å². The molecule has 0 saturated heterocycles. The molecule has 2 aromatic heterocycles. The number of nitrogens with two attached hydrogens (primary N) is 1. The minimum atomic E-state index is -0.318. The summed E-state index contributed by atoms with van der Waals surface area (Å²) >= 11 is 4.07. The number of anilines is 2. The van der Waals surface area contributed by atoms with E-state index in [1.54, 1.807) is 0 Å². The molecule has 2 heterocycles. The molecule has 0 aliphatic rings. The van der Waals surface area contributed by atoms with E-state index in [0.717, 1.165) is 16.1 Å². The van der Waals surface area contributed by atoms with Crippen molar-refractivity contribution < 1.29 is 4.79 Å². The van der Waals surface area contributed by atoms with Crippen LogP contribution in [0.25, 0.3) is 11.3 Å². The summed E-state index contributed by atoms with van der Waals surface area (Å²) in [5.74, 6) is -0.123. The highest BCUT2D eigenvalue weighted by molar-refractivity contribution is 8.02. The van der Waals surface area contributed by atoms with E-state index in [1.807, 2.05) is 44.2 Å². The van der Waals surface area contributed by atoms with Crippen LogP contribution in [0.4, 0.5) is 10.3 Å². The van der Waals surface area contributed by atoms with E-state index in [9.17, 15) is 4.79 Å². The van der Waals surface area contributed by atoms with Crippen molar-refractivity contribution in [2.75, 3.05) is 11.1 Å². The summed E-state index contributed by atoms with van der Waals surface area (Å²) in [5, 5.41) is 11.2. The van der Waals surface area contributed by atoms with E-state index >= 15 is 0 Å². The molecule has 24 heavy (non-hydrogen) atoms. The lowest BCUT2D eigenvalue weighted by molar-refractivity contribution is -0.115. The molecular formula is C15H15N5OS3. The number of nitrogen functional groups attached to an aromatic ring is 1. The van der Waals surface area contributed by atoms with Crippen molar-refractivity contribution in [3.63, 3.8) is 0 Å². The Morgan fingerprint density at radius 3 is 2.67 bits per heavy atom. The lowest BCUT2D eigenvalue weighted by Crippen LogP contribution is -2.22. The average molecular weight is 378 g/mol. The number of benzene rings is 1.